The third-order valence-electron chi connectivity index (χ3n) is 4.13. The van der Waals surface area contributed by atoms with E-state index in [4.69, 9.17) is 4.74 Å². The van der Waals surface area contributed by atoms with Crippen LogP contribution in [0.1, 0.15) is 31.7 Å². The Kier molecular flexibility index (Phi) is 4.01. The van der Waals surface area contributed by atoms with Crippen molar-refractivity contribution in [3.8, 4) is 0 Å². The number of nitrogens with zero attached hydrogens (tertiary/aromatic N) is 3. The molecule has 1 aliphatic heterocycles. The Morgan fingerprint density at radius 1 is 1.22 bits per heavy atom. The molecule has 18 heavy (non-hydrogen) atoms. The first-order valence-electron chi connectivity index (χ1n) is 6.84. The Morgan fingerprint density at radius 2 is 2.00 bits per heavy atom. The summed E-state index contributed by atoms with van der Waals surface area (Å²) in [6, 6.07) is 1.29. The van der Waals surface area contributed by atoms with Crippen LogP contribution < -0.4 is 0 Å². The molecule has 2 aliphatic rings. The molecule has 3 rings (SSSR count). The monoisotopic (exact) mass is 313 g/mol. The third kappa shape index (κ3) is 2.78. The van der Waals surface area contributed by atoms with Crippen molar-refractivity contribution in [2.45, 2.75) is 37.8 Å². The topological polar surface area (TPSA) is 30.3 Å². The van der Waals surface area contributed by atoms with Gasteiger partial charge in [-0.25, -0.2) is 0 Å². The fraction of sp³-hybridized carbons (Fsp3) is 0.769. The van der Waals surface area contributed by atoms with Gasteiger partial charge in [-0.2, -0.15) is 5.10 Å². The summed E-state index contributed by atoms with van der Waals surface area (Å²) in [7, 11) is 0. The summed E-state index contributed by atoms with van der Waals surface area (Å²) < 4.78 is 8.66. The molecule has 0 radical (unpaired) electrons. The lowest BCUT2D eigenvalue weighted by Gasteiger charge is -2.39. The number of aromatic nitrogens is 2. The molecule has 100 valence electrons. The number of rotatable bonds is 2. The predicted octanol–water partition coefficient (Wildman–Crippen LogP) is 2.46. The van der Waals surface area contributed by atoms with Gasteiger partial charge >= 0.3 is 0 Å². The van der Waals surface area contributed by atoms with Gasteiger partial charge in [-0.15, -0.1) is 0 Å². The smallest absolute Gasteiger partial charge is 0.0632 e. The van der Waals surface area contributed by atoms with E-state index in [-0.39, 0.29) is 0 Å². The van der Waals surface area contributed by atoms with Crippen molar-refractivity contribution in [2.75, 3.05) is 26.3 Å². The van der Waals surface area contributed by atoms with E-state index in [1.807, 2.05) is 6.20 Å². The van der Waals surface area contributed by atoms with Gasteiger partial charge in [0.25, 0.3) is 0 Å². The fourth-order valence-electron chi connectivity index (χ4n) is 3.17. The molecule has 0 N–H and O–H groups in total. The quantitative estimate of drug-likeness (QED) is 0.840. The average molecular weight is 314 g/mol. The zero-order chi connectivity index (χ0) is 12.4. The summed E-state index contributed by atoms with van der Waals surface area (Å²) in [5, 5.41) is 4.45. The molecule has 2 heterocycles. The molecule has 1 aliphatic carbocycles. The SMILES string of the molecule is Brc1cnn([C@H]2CCCC(N3CCOCC3)C2)c1. The van der Waals surface area contributed by atoms with Crippen LogP contribution in [0.3, 0.4) is 0 Å². The van der Waals surface area contributed by atoms with Crippen LogP contribution in [0.2, 0.25) is 0 Å². The van der Waals surface area contributed by atoms with Crippen molar-refractivity contribution in [3.05, 3.63) is 16.9 Å². The molecule has 0 aromatic carbocycles. The van der Waals surface area contributed by atoms with Crippen LogP contribution in [0.15, 0.2) is 16.9 Å². The van der Waals surface area contributed by atoms with Gasteiger partial charge in [0.1, 0.15) is 0 Å². The van der Waals surface area contributed by atoms with Crippen LogP contribution in [-0.4, -0.2) is 47.0 Å². The molecule has 1 unspecified atom stereocenters. The molecular formula is C13H20BrN3O. The van der Waals surface area contributed by atoms with Gasteiger partial charge in [0, 0.05) is 25.3 Å². The molecule has 5 heteroatoms. The van der Waals surface area contributed by atoms with Gasteiger partial charge in [0.05, 0.1) is 29.9 Å². The van der Waals surface area contributed by atoms with Gasteiger partial charge in [-0.05, 0) is 41.6 Å². The number of halogens is 1. The minimum absolute atomic E-state index is 0.567. The summed E-state index contributed by atoms with van der Waals surface area (Å²) in [4.78, 5) is 2.61. The van der Waals surface area contributed by atoms with Gasteiger partial charge in [-0.3, -0.25) is 9.58 Å². The first-order valence-corrected chi connectivity index (χ1v) is 7.63. The van der Waals surface area contributed by atoms with Crippen molar-refractivity contribution in [1.82, 2.24) is 14.7 Å². The maximum atomic E-state index is 5.44. The van der Waals surface area contributed by atoms with Gasteiger partial charge in [0.15, 0.2) is 0 Å². The number of morpholine rings is 1. The molecule has 0 spiro atoms. The minimum Gasteiger partial charge on any atom is -0.379 e. The lowest BCUT2D eigenvalue weighted by atomic mass is 9.90. The summed E-state index contributed by atoms with van der Waals surface area (Å²) in [5.74, 6) is 0. The molecule has 2 fully saturated rings. The van der Waals surface area contributed by atoms with E-state index in [0.717, 1.165) is 36.8 Å². The zero-order valence-electron chi connectivity index (χ0n) is 10.6. The standard InChI is InChI=1S/C13H20BrN3O/c14-11-9-15-17(10-11)13-3-1-2-12(8-13)16-4-6-18-7-5-16/h9-10,12-13H,1-8H2/t12?,13-/m0/s1. The number of hydrogen-bond donors (Lipinski definition) is 0. The summed E-state index contributed by atoms with van der Waals surface area (Å²) in [6.07, 6.45) is 9.12. The molecule has 4 nitrogen and oxygen atoms in total. The molecule has 1 saturated carbocycles. The summed E-state index contributed by atoms with van der Waals surface area (Å²) >= 11 is 3.48. The normalized spacial score (nSPS) is 30.5. The van der Waals surface area contributed by atoms with Gasteiger partial charge < -0.3 is 4.74 Å². The second-order valence-electron chi connectivity index (χ2n) is 5.26. The Labute approximate surface area is 116 Å². The summed E-state index contributed by atoms with van der Waals surface area (Å²) in [6.45, 7) is 3.99. The average Bonchev–Trinajstić information content (AvgIpc) is 2.87. The molecule has 1 saturated heterocycles. The highest BCUT2D eigenvalue weighted by Gasteiger charge is 2.28. The molecule has 1 aromatic heterocycles. The van der Waals surface area contributed by atoms with E-state index in [1.54, 1.807) is 0 Å². The highest BCUT2D eigenvalue weighted by atomic mass is 79.9. The van der Waals surface area contributed by atoms with Crippen LogP contribution in [0.25, 0.3) is 0 Å². The van der Waals surface area contributed by atoms with Gasteiger partial charge in [0.2, 0.25) is 0 Å². The van der Waals surface area contributed by atoms with E-state index in [9.17, 15) is 0 Å². The Balaban J connectivity index is 1.64. The first-order chi connectivity index (χ1) is 8.83. The largest absolute Gasteiger partial charge is 0.379 e. The highest BCUT2D eigenvalue weighted by Crippen LogP contribution is 2.31. The van der Waals surface area contributed by atoms with Crippen LogP contribution in [0.4, 0.5) is 0 Å². The van der Waals surface area contributed by atoms with Crippen LogP contribution >= 0.6 is 15.9 Å². The Morgan fingerprint density at radius 3 is 2.72 bits per heavy atom. The summed E-state index contributed by atoms with van der Waals surface area (Å²) in [5.41, 5.74) is 0. The first kappa shape index (κ1) is 12.6. The molecule has 2 atom stereocenters. The van der Waals surface area contributed by atoms with E-state index in [2.05, 4.69) is 36.8 Å². The van der Waals surface area contributed by atoms with Crippen molar-refractivity contribution >= 4 is 15.9 Å². The zero-order valence-corrected chi connectivity index (χ0v) is 12.2. The molecule has 0 amide bonds. The number of hydrogen-bond acceptors (Lipinski definition) is 3. The van der Waals surface area contributed by atoms with E-state index in [1.165, 1.54) is 25.7 Å². The fourth-order valence-corrected chi connectivity index (χ4v) is 3.47. The Bertz CT molecular complexity index is 389. The second kappa shape index (κ2) is 5.72. The highest BCUT2D eigenvalue weighted by molar-refractivity contribution is 9.10. The van der Waals surface area contributed by atoms with E-state index < -0.39 is 0 Å². The third-order valence-corrected chi connectivity index (χ3v) is 4.53. The Hall–Kier alpha value is -0.390. The van der Waals surface area contributed by atoms with E-state index >= 15 is 0 Å². The van der Waals surface area contributed by atoms with Crippen LogP contribution in [0, 0.1) is 0 Å². The molecular weight excluding hydrogens is 294 g/mol. The van der Waals surface area contributed by atoms with Crippen LogP contribution in [-0.2, 0) is 4.74 Å². The maximum Gasteiger partial charge on any atom is 0.0632 e. The van der Waals surface area contributed by atoms with Crippen molar-refractivity contribution < 1.29 is 4.74 Å². The maximum absolute atomic E-state index is 5.44. The van der Waals surface area contributed by atoms with Gasteiger partial charge in [-0.1, -0.05) is 0 Å². The van der Waals surface area contributed by atoms with E-state index in [0.29, 0.717) is 6.04 Å². The second-order valence-corrected chi connectivity index (χ2v) is 6.18. The number of ether oxygens (including phenoxy) is 1. The molecule has 1 aromatic rings. The predicted molar refractivity (Wildman–Crippen MR) is 73.6 cm³/mol. The minimum atomic E-state index is 0.567. The lowest BCUT2D eigenvalue weighted by Crippen LogP contribution is -2.45. The van der Waals surface area contributed by atoms with Crippen LogP contribution in [0.5, 0.6) is 0 Å². The van der Waals surface area contributed by atoms with Crippen molar-refractivity contribution in [2.24, 2.45) is 0 Å². The van der Waals surface area contributed by atoms with Crippen molar-refractivity contribution in [1.29, 1.82) is 0 Å². The molecule has 0 bridgehead atoms. The van der Waals surface area contributed by atoms with Crippen molar-refractivity contribution in [3.63, 3.8) is 0 Å². The lowest BCUT2D eigenvalue weighted by molar-refractivity contribution is 0.00313.